The number of rotatable bonds is 6. The van der Waals surface area contributed by atoms with E-state index in [0.29, 0.717) is 49.5 Å². The molecule has 4 rings (SSSR count). The second kappa shape index (κ2) is 9.33. The van der Waals surface area contributed by atoms with E-state index in [0.717, 1.165) is 0 Å². The summed E-state index contributed by atoms with van der Waals surface area (Å²) in [6, 6.07) is 14.3. The number of benzene rings is 2. The third-order valence-corrected chi connectivity index (χ3v) is 6.07. The van der Waals surface area contributed by atoms with Gasteiger partial charge in [-0.1, -0.05) is 48.0 Å². The number of carbonyl (C=O) groups is 1. The van der Waals surface area contributed by atoms with Gasteiger partial charge in [0, 0.05) is 37.5 Å². The number of hydrogen-bond donors (Lipinski definition) is 2. The molecular formula is C23H26ClFN2O3. The number of ether oxygens (including phenoxy) is 1. The van der Waals surface area contributed by atoms with Crippen LogP contribution in [0.3, 0.4) is 0 Å². The van der Waals surface area contributed by atoms with Crippen molar-refractivity contribution in [1.29, 1.82) is 0 Å². The van der Waals surface area contributed by atoms with Gasteiger partial charge < -0.3 is 15.2 Å². The smallest absolute Gasteiger partial charge is 0.407 e. The van der Waals surface area contributed by atoms with Gasteiger partial charge in [0.15, 0.2) is 0 Å². The average Bonchev–Trinajstić information content (AvgIpc) is 3.31. The van der Waals surface area contributed by atoms with E-state index in [1.807, 2.05) is 29.2 Å². The Hall–Kier alpha value is -2.15. The minimum absolute atomic E-state index is 0.228. The molecule has 1 saturated heterocycles. The van der Waals surface area contributed by atoms with E-state index in [9.17, 15) is 14.3 Å². The van der Waals surface area contributed by atoms with Crippen LogP contribution in [0, 0.1) is 0 Å². The summed E-state index contributed by atoms with van der Waals surface area (Å²) in [5.41, 5.74) is 2.98. The highest BCUT2D eigenvalue weighted by Crippen LogP contribution is 2.25. The summed E-state index contributed by atoms with van der Waals surface area (Å²) in [6.07, 6.45) is -0.844. The predicted molar refractivity (Wildman–Crippen MR) is 113 cm³/mol. The molecule has 0 radical (unpaired) electrons. The minimum Gasteiger partial charge on any atom is -0.446 e. The van der Waals surface area contributed by atoms with Gasteiger partial charge in [-0.25, -0.2) is 9.18 Å². The highest BCUT2D eigenvalue weighted by atomic mass is 35.5. The lowest BCUT2D eigenvalue weighted by atomic mass is 10.0. The molecule has 1 aliphatic heterocycles. The molecule has 0 spiro atoms. The summed E-state index contributed by atoms with van der Waals surface area (Å²) < 4.78 is 19.3. The Labute approximate surface area is 180 Å². The topological polar surface area (TPSA) is 61.8 Å². The second-order valence-electron chi connectivity index (χ2n) is 8.10. The Morgan fingerprint density at radius 3 is 2.60 bits per heavy atom. The Morgan fingerprint density at radius 1 is 1.23 bits per heavy atom. The molecule has 2 N–H and O–H groups in total. The van der Waals surface area contributed by atoms with E-state index in [2.05, 4.69) is 5.32 Å². The van der Waals surface area contributed by atoms with Gasteiger partial charge in [-0.3, -0.25) is 4.90 Å². The van der Waals surface area contributed by atoms with Crippen LogP contribution < -0.4 is 5.32 Å². The zero-order valence-electron chi connectivity index (χ0n) is 16.6. The van der Waals surface area contributed by atoms with Crippen molar-refractivity contribution in [2.75, 3.05) is 19.6 Å². The highest BCUT2D eigenvalue weighted by Gasteiger charge is 2.31. The van der Waals surface area contributed by atoms with E-state index < -0.39 is 24.4 Å². The molecule has 0 saturated carbocycles. The summed E-state index contributed by atoms with van der Waals surface area (Å²) in [5.74, 6) is 0. The molecule has 0 bridgehead atoms. The van der Waals surface area contributed by atoms with Gasteiger partial charge in [0.25, 0.3) is 0 Å². The summed E-state index contributed by atoms with van der Waals surface area (Å²) in [6.45, 7) is 1.22. The number of likely N-dealkylation sites (tertiary alicyclic amines) is 1. The average molecular weight is 433 g/mol. The molecule has 2 aliphatic rings. The number of nitrogens with one attached hydrogen (secondary N) is 1. The van der Waals surface area contributed by atoms with Crippen LogP contribution in [0.25, 0.3) is 0 Å². The summed E-state index contributed by atoms with van der Waals surface area (Å²) in [4.78, 5) is 14.5. The number of nitrogens with zero attached hydrogens (tertiary/aromatic N) is 1. The molecule has 1 fully saturated rings. The lowest BCUT2D eigenvalue weighted by molar-refractivity contribution is 0.0722. The molecular weight excluding hydrogens is 407 g/mol. The quantitative estimate of drug-likeness (QED) is 0.731. The number of aliphatic hydroxyl groups is 1. The Kier molecular flexibility index (Phi) is 6.56. The first kappa shape index (κ1) is 21.1. The van der Waals surface area contributed by atoms with Crippen molar-refractivity contribution in [1.82, 2.24) is 10.2 Å². The van der Waals surface area contributed by atoms with Crippen molar-refractivity contribution < 1.29 is 19.0 Å². The minimum atomic E-state index is -0.990. The number of fused-ring (bicyclic) bond motifs is 1. The summed E-state index contributed by atoms with van der Waals surface area (Å²) >= 11 is 6.06. The Morgan fingerprint density at radius 2 is 1.97 bits per heavy atom. The molecule has 1 aliphatic carbocycles. The molecule has 3 unspecified atom stereocenters. The number of alkyl carbamates (subject to hydrolysis) is 1. The van der Waals surface area contributed by atoms with Crippen LogP contribution in [0.15, 0.2) is 48.5 Å². The first-order valence-electron chi connectivity index (χ1n) is 10.3. The van der Waals surface area contributed by atoms with Crippen molar-refractivity contribution in [3.05, 3.63) is 70.2 Å². The van der Waals surface area contributed by atoms with Gasteiger partial charge in [-0.2, -0.15) is 0 Å². The molecule has 30 heavy (non-hydrogen) atoms. The molecule has 1 amide bonds. The van der Waals surface area contributed by atoms with Crippen LogP contribution >= 0.6 is 11.6 Å². The number of hydrogen-bond acceptors (Lipinski definition) is 4. The molecule has 1 heterocycles. The van der Waals surface area contributed by atoms with Crippen molar-refractivity contribution in [3.63, 3.8) is 0 Å². The number of aliphatic hydroxyl groups excluding tert-OH is 1. The maximum absolute atomic E-state index is 13.6. The number of carbonyl (C=O) groups excluding carboxylic acids is 1. The van der Waals surface area contributed by atoms with Crippen molar-refractivity contribution in [3.8, 4) is 0 Å². The lowest BCUT2D eigenvalue weighted by Crippen LogP contribution is -2.47. The third-order valence-electron chi connectivity index (χ3n) is 5.83. The number of halogens is 2. The Balaban J connectivity index is 1.42. The van der Waals surface area contributed by atoms with E-state index in [-0.39, 0.29) is 6.10 Å². The predicted octanol–water partition coefficient (Wildman–Crippen LogP) is 3.68. The number of amides is 1. The van der Waals surface area contributed by atoms with Crippen LogP contribution in [0.2, 0.25) is 5.02 Å². The number of alkyl halides is 1. The van der Waals surface area contributed by atoms with Crippen LogP contribution in [0.1, 0.15) is 29.2 Å². The lowest BCUT2D eigenvalue weighted by Gasteiger charge is -2.29. The highest BCUT2D eigenvalue weighted by molar-refractivity contribution is 6.30. The van der Waals surface area contributed by atoms with Crippen molar-refractivity contribution in [2.24, 2.45) is 0 Å². The molecule has 7 heteroatoms. The fourth-order valence-corrected chi connectivity index (χ4v) is 4.51. The molecule has 160 valence electrons. The monoisotopic (exact) mass is 432 g/mol. The zero-order valence-corrected chi connectivity index (χ0v) is 17.4. The van der Waals surface area contributed by atoms with Gasteiger partial charge in [0.1, 0.15) is 18.4 Å². The van der Waals surface area contributed by atoms with Gasteiger partial charge >= 0.3 is 6.09 Å². The van der Waals surface area contributed by atoms with Gasteiger partial charge in [0.05, 0.1) is 6.04 Å². The molecule has 3 atom stereocenters. The van der Waals surface area contributed by atoms with Crippen LogP contribution in [0.5, 0.6) is 0 Å². The van der Waals surface area contributed by atoms with Crippen LogP contribution in [-0.4, -0.2) is 54.1 Å². The zero-order chi connectivity index (χ0) is 21.1. The van der Waals surface area contributed by atoms with Crippen molar-refractivity contribution >= 4 is 17.7 Å². The fourth-order valence-electron chi connectivity index (χ4n) is 4.32. The van der Waals surface area contributed by atoms with E-state index in [1.165, 1.54) is 11.1 Å². The van der Waals surface area contributed by atoms with E-state index in [1.54, 1.807) is 24.3 Å². The molecule has 5 nitrogen and oxygen atoms in total. The van der Waals surface area contributed by atoms with Crippen LogP contribution in [0.4, 0.5) is 9.18 Å². The first-order valence-corrected chi connectivity index (χ1v) is 10.7. The fraction of sp³-hybridized carbons (Fsp3) is 0.435. The maximum Gasteiger partial charge on any atom is 0.407 e. The van der Waals surface area contributed by atoms with Crippen molar-refractivity contribution in [2.45, 2.75) is 43.7 Å². The second-order valence-corrected chi connectivity index (χ2v) is 8.54. The largest absolute Gasteiger partial charge is 0.446 e. The van der Waals surface area contributed by atoms with Gasteiger partial charge in [-0.15, -0.1) is 0 Å². The summed E-state index contributed by atoms with van der Waals surface area (Å²) in [5, 5.41) is 14.2. The molecule has 2 aromatic rings. The van der Waals surface area contributed by atoms with E-state index >= 15 is 0 Å². The molecule has 0 aromatic heterocycles. The van der Waals surface area contributed by atoms with Gasteiger partial charge in [-0.05, 0) is 35.2 Å². The maximum atomic E-state index is 13.6. The third kappa shape index (κ3) is 5.12. The molecule has 2 aromatic carbocycles. The van der Waals surface area contributed by atoms with E-state index in [4.69, 9.17) is 16.3 Å². The normalized spacial score (nSPS) is 21.2. The Bertz CT molecular complexity index is 871. The summed E-state index contributed by atoms with van der Waals surface area (Å²) in [7, 11) is 0. The van der Waals surface area contributed by atoms with Crippen LogP contribution in [-0.2, 0) is 17.6 Å². The first-order chi connectivity index (χ1) is 14.5. The standard InChI is InChI=1S/C23H26ClFN2O3/c24-18-7-3-6-17(10-18)22(28)21(14-27-9-8-19(25)13-27)26-23(29)30-20-11-15-4-1-2-5-16(15)12-20/h1-7,10,19-22,28H,8-9,11-14H2,(H,26,29). The van der Waals surface area contributed by atoms with Gasteiger partial charge in [0.2, 0.25) is 0 Å². The SMILES string of the molecule is O=C(NC(CN1CCC(F)C1)C(O)c1cccc(Cl)c1)OC1Cc2ccccc2C1.